The molecule has 1 heterocycles. The molecule has 1 amide bonds. The number of carbonyl (C=O) groups is 1. The Labute approximate surface area is 147 Å². The second-order valence-corrected chi connectivity index (χ2v) is 6.26. The predicted octanol–water partition coefficient (Wildman–Crippen LogP) is 2.67. The van der Waals surface area contributed by atoms with Gasteiger partial charge in [0, 0.05) is 18.4 Å². The quantitative estimate of drug-likeness (QED) is 0.874. The van der Waals surface area contributed by atoms with Crippen LogP contribution in [0.3, 0.4) is 0 Å². The van der Waals surface area contributed by atoms with Gasteiger partial charge in [-0.15, -0.1) is 0 Å². The van der Waals surface area contributed by atoms with Crippen molar-refractivity contribution in [3.05, 3.63) is 48.4 Å². The molecule has 1 saturated carbocycles. The van der Waals surface area contributed by atoms with Crippen molar-refractivity contribution in [3.63, 3.8) is 0 Å². The molecule has 0 saturated heterocycles. The Kier molecular flexibility index (Phi) is 5.82. The second kappa shape index (κ2) is 8.46. The van der Waals surface area contributed by atoms with Gasteiger partial charge in [-0.3, -0.25) is 9.78 Å². The van der Waals surface area contributed by atoms with Crippen LogP contribution < -0.4 is 14.8 Å². The first-order valence-corrected chi connectivity index (χ1v) is 8.61. The van der Waals surface area contributed by atoms with Gasteiger partial charge in [-0.1, -0.05) is 18.2 Å². The zero-order valence-electron chi connectivity index (χ0n) is 14.4. The second-order valence-electron chi connectivity index (χ2n) is 6.26. The van der Waals surface area contributed by atoms with Gasteiger partial charge in [0.1, 0.15) is 11.9 Å². The lowest BCUT2D eigenvalue weighted by Gasteiger charge is -2.29. The molecule has 132 valence electrons. The van der Waals surface area contributed by atoms with Gasteiger partial charge in [-0.2, -0.15) is 0 Å². The molecule has 1 aliphatic rings. The number of benzene rings is 1. The average Bonchev–Trinajstić information content (AvgIpc) is 2.64. The number of ether oxygens (including phenoxy) is 2. The van der Waals surface area contributed by atoms with E-state index in [0.29, 0.717) is 5.88 Å². The standard InChI is InChI=1S/C19H23N3O3/c1-14-4-2-3-5-17(14)24-13-18(23)22-15-6-8-16(9-7-15)25-19-12-20-10-11-21-19/h2-5,10-12,15-16H,6-9,13H2,1H3,(H,22,23). The molecular formula is C19H23N3O3. The first-order chi connectivity index (χ1) is 12.2. The van der Waals surface area contributed by atoms with Crippen molar-refractivity contribution in [1.82, 2.24) is 15.3 Å². The highest BCUT2D eigenvalue weighted by molar-refractivity contribution is 5.77. The van der Waals surface area contributed by atoms with Crippen LogP contribution in [0.1, 0.15) is 31.2 Å². The predicted molar refractivity (Wildman–Crippen MR) is 93.5 cm³/mol. The number of nitrogens with one attached hydrogen (secondary N) is 1. The lowest BCUT2D eigenvalue weighted by molar-refractivity contribution is -0.124. The lowest BCUT2D eigenvalue weighted by atomic mass is 9.93. The van der Waals surface area contributed by atoms with E-state index in [1.54, 1.807) is 18.6 Å². The van der Waals surface area contributed by atoms with Crippen molar-refractivity contribution in [2.75, 3.05) is 6.61 Å². The van der Waals surface area contributed by atoms with E-state index in [4.69, 9.17) is 9.47 Å². The van der Waals surface area contributed by atoms with Gasteiger partial charge < -0.3 is 14.8 Å². The van der Waals surface area contributed by atoms with Gasteiger partial charge in [0.15, 0.2) is 6.61 Å². The average molecular weight is 341 g/mol. The molecule has 0 atom stereocenters. The van der Waals surface area contributed by atoms with E-state index in [2.05, 4.69) is 15.3 Å². The molecule has 25 heavy (non-hydrogen) atoms. The largest absolute Gasteiger partial charge is 0.484 e. The van der Waals surface area contributed by atoms with Crippen LogP contribution in [0.4, 0.5) is 0 Å². The molecule has 1 N–H and O–H groups in total. The van der Waals surface area contributed by atoms with Crippen LogP contribution in [-0.2, 0) is 4.79 Å². The molecule has 6 heteroatoms. The summed E-state index contributed by atoms with van der Waals surface area (Å²) >= 11 is 0. The van der Waals surface area contributed by atoms with Crippen molar-refractivity contribution >= 4 is 5.91 Å². The van der Waals surface area contributed by atoms with Gasteiger partial charge >= 0.3 is 0 Å². The summed E-state index contributed by atoms with van der Waals surface area (Å²) in [5.74, 6) is 1.22. The highest BCUT2D eigenvalue weighted by Gasteiger charge is 2.24. The molecule has 2 aromatic rings. The number of hydrogen-bond donors (Lipinski definition) is 1. The Morgan fingerprint density at radius 1 is 1.20 bits per heavy atom. The van der Waals surface area contributed by atoms with Crippen LogP contribution in [0.25, 0.3) is 0 Å². The van der Waals surface area contributed by atoms with Gasteiger partial charge in [-0.05, 0) is 44.2 Å². The number of hydrogen-bond acceptors (Lipinski definition) is 5. The van der Waals surface area contributed by atoms with Crippen LogP contribution in [0.15, 0.2) is 42.9 Å². The lowest BCUT2D eigenvalue weighted by Crippen LogP contribution is -2.41. The number of rotatable bonds is 6. The van der Waals surface area contributed by atoms with Crippen molar-refractivity contribution in [1.29, 1.82) is 0 Å². The van der Waals surface area contributed by atoms with Gasteiger partial charge in [-0.25, -0.2) is 4.98 Å². The van der Waals surface area contributed by atoms with Crippen molar-refractivity contribution in [2.45, 2.75) is 44.8 Å². The van der Waals surface area contributed by atoms with Crippen LogP contribution in [-0.4, -0.2) is 34.6 Å². The highest BCUT2D eigenvalue weighted by atomic mass is 16.5. The maximum atomic E-state index is 12.1. The number of carbonyl (C=O) groups excluding carboxylic acids is 1. The summed E-state index contributed by atoms with van der Waals surface area (Å²) < 4.78 is 11.4. The van der Waals surface area contributed by atoms with Crippen LogP contribution in [0.2, 0.25) is 0 Å². The normalized spacial score (nSPS) is 19.9. The molecular weight excluding hydrogens is 318 g/mol. The van der Waals surface area contributed by atoms with Gasteiger partial charge in [0.25, 0.3) is 5.91 Å². The maximum Gasteiger partial charge on any atom is 0.258 e. The van der Waals surface area contributed by atoms with E-state index in [0.717, 1.165) is 37.0 Å². The molecule has 3 rings (SSSR count). The number of amides is 1. The Morgan fingerprint density at radius 3 is 2.72 bits per heavy atom. The Bertz CT molecular complexity index is 685. The number of nitrogens with zero attached hydrogens (tertiary/aromatic N) is 2. The summed E-state index contributed by atoms with van der Waals surface area (Å²) in [7, 11) is 0. The van der Waals surface area contributed by atoms with E-state index < -0.39 is 0 Å². The first-order valence-electron chi connectivity index (χ1n) is 8.61. The fourth-order valence-electron chi connectivity index (χ4n) is 2.97. The molecule has 1 fully saturated rings. The fraction of sp³-hybridized carbons (Fsp3) is 0.421. The fourth-order valence-corrected chi connectivity index (χ4v) is 2.97. The molecule has 0 spiro atoms. The smallest absolute Gasteiger partial charge is 0.258 e. The molecule has 0 bridgehead atoms. The first kappa shape index (κ1) is 17.2. The van der Waals surface area contributed by atoms with Gasteiger partial charge in [0.05, 0.1) is 6.20 Å². The SMILES string of the molecule is Cc1ccccc1OCC(=O)NC1CCC(Oc2cnccn2)CC1. The molecule has 0 unspecified atom stereocenters. The topological polar surface area (TPSA) is 73.3 Å². The van der Waals surface area contributed by atoms with Crippen LogP contribution >= 0.6 is 0 Å². The molecule has 6 nitrogen and oxygen atoms in total. The van der Waals surface area contributed by atoms with Crippen LogP contribution in [0.5, 0.6) is 11.6 Å². The third-order valence-corrected chi connectivity index (χ3v) is 4.32. The summed E-state index contributed by atoms with van der Waals surface area (Å²) in [5, 5.41) is 3.05. The minimum absolute atomic E-state index is 0.0425. The third kappa shape index (κ3) is 5.17. The van der Waals surface area contributed by atoms with Gasteiger partial charge in [0.2, 0.25) is 5.88 Å². The van der Waals surface area contributed by atoms with E-state index in [1.165, 1.54) is 0 Å². The zero-order chi connectivity index (χ0) is 17.5. The molecule has 0 radical (unpaired) electrons. The number of aromatic nitrogens is 2. The van der Waals surface area contributed by atoms with E-state index in [-0.39, 0.29) is 24.7 Å². The van der Waals surface area contributed by atoms with Crippen molar-refractivity contribution < 1.29 is 14.3 Å². The molecule has 0 aliphatic heterocycles. The summed E-state index contributed by atoms with van der Waals surface area (Å²) in [4.78, 5) is 20.2. The maximum absolute atomic E-state index is 12.1. The van der Waals surface area contributed by atoms with Crippen molar-refractivity contribution in [3.8, 4) is 11.6 Å². The summed E-state index contributed by atoms with van der Waals surface area (Å²) in [5.41, 5.74) is 1.02. The monoisotopic (exact) mass is 341 g/mol. The van der Waals surface area contributed by atoms with Crippen molar-refractivity contribution in [2.24, 2.45) is 0 Å². The van der Waals surface area contributed by atoms with E-state index in [1.807, 2.05) is 31.2 Å². The summed E-state index contributed by atoms with van der Waals surface area (Å²) in [6, 6.07) is 7.86. The van der Waals surface area contributed by atoms with E-state index >= 15 is 0 Å². The number of aryl methyl sites for hydroxylation is 1. The Hall–Kier alpha value is -2.63. The molecule has 1 aliphatic carbocycles. The Balaban J connectivity index is 1.38. The number of para-hydroxylation sites is 1. The zero-order valence-corrected chi connectivity index (χ0v) is 14.4. The molecule has 1 aromatic carbocycles. The molecule has 1 aromatic heterocycles. The summed E-state index contributed by atoms with van der Waals surface area (Å²) in [6.07, 6.45) is 8.56. The highest BCUT2D eigenvalue weighted by Crippen LogP contribution is 2.22. The third-order valence-electron chi connectivity index (χ3n) is 4.32. The Morgan fingerprint density at radius 2 is 2.00 bits per heavy atom. The van der Waals surface area contributed by atoms with E-state index in [9.17, 15) is 4.79 Å². The minimum atomic E-state index is -0.0819. The minimum Gasteiger partial charge on any atom is -0.484 e. The van der Waals surface area contributed by atoms with Crippen LogP contribution in [0, 0.1) is 6.92 Å². The summed E-state index contributed by atoms with van der Waals surface area (Å²) in [6.45, 7) is 2.01.